The number of aromatic nitrogens is 2. The summed E-state index contributed by atoms with van der Waals surface area (Å²) in [5.74, 6) is -0.671. The van der Waals surface area contributed by atoms with Crippen LogP contribution in [0.4, 0.5) is 0 Å². The van der Waals surface area contributed by atoms with E-state index in [1.54, 1.807) is 15.6 Å². The normalized spacial score (nSPS) is 24.0. The maximum absolute atomic E-state index is 13.4. The van der Waals surface area contributed by atoms with Crippen LogP contribution in [-0.4, -0.2) is 106 Å². The van der Waals surface area contributed by atoms with Gasteiger partial charge in [-0.3, -0.25) is 24.0 Å². The predicted molar refractivity (Wildman–Crippen MR) is 133 cm³/mol. The van der Waals surface area contributed by atoms with Crippen LogP contribution >= 0.6 is 0 Å². The largest absolute Gasteiger partial charge is 0.351 e. The Kier molecular flexibility index (Phi) is 8.11. The van der Waals surface area contributed by atoms with Crippen molar-refractivity contribution in [1.82, 2.24) is 35.1 Å². The van der Waals surface area contributed by atoms with Gasteiger partial charge in [0.25, 0.3) is 11.8 Å². The number of likely N-dealkylation sites (N-methyl/N-ethyl adjacent to an activating group) is 1. The maximum atomic E-state index is 13.4. The molecule has 0 radical (unpaired) electrons. The van der Waals surface area contributed by atoms with Gasteiger partial charge in [0.2, 0.25) is 5.91 Å². The molecule has 2 N–H and O–H groups in total. The van der Waals surface area contributed by atoms with Gasteiger partial charge in [0.15, 0.2) is 5.69 Å². The highest BCUT2D eigenvalue weighted by atomic mass is 16.2. The smallest absolute Gasteiger partial charge is 0.273 e. The summed E-state index contributed by atoms with van der Waals surface area (Å²) < 4.78 is 1.54. The van der Waals surface area contributed by atoms with Crippen molar-refractivity contribution in [3.63, 3.8) is 0 Å². The number of nitrogens with one attached hydrogen (secondary N) is 2. The monoisotopic (exact) mass is 487 g/mol. The summed E-state index contributed by atoms with van der Waals surface area (Å²) in [7, 11) is 0. The summed E-state index contributed by atoms with van der Waals surface area (Å²) in [6.45, 7) is 13.2. The number of nitrogens with zero attached hydrogens (tertiary/aromatic N) is 5. The van der Waals surface area contributed by atoms with Crippen LogP contribution in [0.1, 0.15) is 73.9 Å². The number of piperazine rings is 1. The summed E-state index contributed by atoms with van der Waals surface area (Å²) in [6, 6.07) is 1.73. The first-order chi connectivity index (χ1) is 16.9. The molecule has 4 rings (SSSR count). The molecule has 3 heterocycles. The summed E-state index contributed by atoms with van der Waals surface area (Å²) in [5, 5.41) is 10.6. The first-order valence-electron chi connectivity index (χ1n) is 13.3. The highest BCUT2D eigenvalue weighted by molar-refractivity contribution is 6.01. The maximum Gasteiger partial charge on any atom is 0.273 e. The summed E-state index contributed by atoms with van der Waals surface area (Å²) in [6.07, 6.45) is 4.95. The van der Waals surface area contributed by atoms with Crippen molar-refractivity contribution in [3.8, 4) is 0 Å². The molecule has 1 unspecified atom stereocenters. The van der Waals surface area contributed by atoms with Crippen LogP contribution < -0.4 is 10.6 Å². The predicted octanol–water partition coefficient (Wildman–Crippen LogP) is 0.934. The number of hydrogen-bond donors (Lipinski definition) is 2. The zero-order chi connectivity index (χ0) is 25.0. The molecule has 1 aromatic rings. The van der Waals surface area contributed by atoms with Gasteiger partial charge in [-0.05, 0) is 32.7 Å². The Bertz CT molecular complexity index is 918. The highest BCUT2D eigenvalue weighted by Gasteiger charge is 2.48. The zero-order valence-corrected chi connectivity index (χ0v) is 21.5. The summed E-state index contributed by atoms with van der Waals surface area (Å²) in [4.78, 5) is 46.0. The molecular weight excluding hydrogens is 446 g/mol. The molecule has 2 fully saturated rings. The second-order valence-corrected chi connectivity index (χ2v) is 10.3. The van der Waals surface area contributed by atoms with Crippen LogP contribution in [0.5, 0.6) is 0 Å². The fourth-order valence-corrected chi connectivity index (χ4v) is 5.48. The van der Waals surface area contributed by atoms with E-state index in [0.29, 0.717) is 18.8 Å². The molecule has 1 aromatic heterocycles. The molecule has 1 saturated heterocycles. The third-order valence-corrected chi connectivity index (χ3v) is 7.78. The molecule has 10 heteroatoms. The summed E-state index contributed by atoms with van der Waals surface area (Å²) in [5.41, 5.74) is -0.449. The van der Waals surface area contributed by atoms with E-state index in [0.717, 1.165) is 71.4 Å². The lowest BCUT2D eigenvalue weighted by molar-refractivity contribution is -0.133. The van der Waals surface area contributed by atoms with Crippen LogP contribution in [0.15, 0.2) is 6.07 Å². The lowest BCUT2D eigenvalue weighted by Crippen LogP contribution is -2.65. The van der Waals surface area contributed by atoms with Crippen molar-refractivity contribution in [2.24, 2.45) is 0 Å². The minimum absolute atomic E-state index is 0.137. The number of fused-ring (bicyclic) bond motifs is 1. The van der Waals surface area contributed by atoms with E-state index in [9.17, 15) is 14.4 Å². The van der Waals surface area contributed by atoms with Crippen LogP contribution in [0.25, 0.3) is 0 Å². The van der Waals surface area contributed by atoms with E-state index in [4.69, 9.17) is 0 Å². The van der Waals surface area contributed by atoms with Crippen molar-refractivity contribution >= 4 is 17.7 Å². The third-order valence-electron chi connectivity index (χ3n) is 7.78. The van der Waals surface area contributed by atoms with Gasteiger partial charge < -0.3 is 20.4 Å². The third kappa shape index (κ3) is 5.53. The van der Waals surface area contributed by atoms with Crippen LogP contribution in [-0.2, 0) is 11.3 Å². The summed E-state index contributed by atoms with van der Waals surface area (Å²) >= 11 is 0. The van der Waals surface area contributed by atoms with Gasteiger partial charge in [-0.15, -0.1) is 0 Å². The molecule has 0 spiro atoms. The molecule has 1 aliphatic carbocycles. The highest BCUT2D eigenvalue weighted by Crippen LogP contribution is 2.29. The van der Waals surface area contributed by atoms with E-state index in [1.807, 2.05) is 13.8 Å². The Morgan fingerprint density at radius 3 is 2.43 bits per heavy atom. The minimum Gasteiger partial charge on any atom is -0.351 e. The molecule has 1 saturated carbocycles. The number of rotatable bonds is 9. The average Bonchev–Trinajstić information content (AvgIpc) is 3.52. The van der Waals surface area contributed by atoms with Crippen molar-refractivity contribution in [1.29, 1.82) is 0 Å². The average molecular weight is 488 g/mol. The van der Waals surface area contributed by atoms with Gasteiger partial charge in [0.1, 0.15) is 11.2 Å². The molecule has 194 valence electrons. The van der Waals surface area contributed by atoms with Crippen molar-refractivity contribution < 1.29 is 14.4 Å². The fraction of sp³-hybridized carbons (Fsp3) is 0.760. The number of carbonyl (C=O) groups excluding carboxylic acids is 3. The van der Waals surface area contributed by atoms with Crippen molar-refractivity contribution in [2.75, 3.05) is 52.4 Å². The first kappa shape index (κ1) is 25.6. The fourth-order valence-electron chi connectivity index (χ4n) is 5.48. The van der Waals surface area contributed by atoms with E-state index < -0.39 is 5.54 Å². The standard InChI is InChI=1S/C25H41N7O3/c1-4-11-31-23(34)21-17-20(22(33)26-10-12-30-15-13-29(5-2)14-16-30)28-32(21)18-25(31,3)24(35)27-19-8-6-7-9-19/h17,19H,4-16,18H2,1-3H3,(H,26,33)(H,27,35). The zero-order valence-electron chi connectivity index (χ0n) is 21.5. The molecule has 1 atom stereocenters. The molecule has 3 amide bonds. The topological polar surface area (TPSA) is 103 Å². The van der Waals surface area contributed by atoms with Crippen molar-refractivity contribution in [2.45, 2.75) is 71.0 Å². The van der Waals surface area contributed by atoms with Gasteiger partial charge >= 0.3 is 0 Å². The molecule has 0 aromatic carbocycles. The quantitative estimate of drug-likeness (QED) is 0.537. The molecule has 35 heavy (non-hydrogen) atoms. The Morgan fingerprint density at radius 1 is 1.09 bits per heavy atom. The molecular formula is C25H41N7O3. The second-order valence-electron chi connectivity index (χ2n) is 10.3. The van der Waals surface area contributed by atoms with Gasteiger partial charge in [-0.2, -0.15) is 5.10 Å². The van der Waals surface area contributed by atoms with Gasteiger partial charge in [0.05, 0.1) is 6.54 Å². The van der Waals surface area contributed by atoms with E-state index in [-0.39, 0.29) is 36.0 Å². The first-order valence-corrected chi connectivity index (χ1v) is 13.3. The van der Waals surface area contributed by atoms with Crippen molar-refractivity contribution in [3.05, 3.63) is 17.5 Å². The molecule has 2 aliphatic heterocycles. The SMILES string of the molecule is CCCN1C(=O)c2cc(C(=O)NCCN3CCN(CC)CC3)nn2CC1(C)C(=O)NC1CCCC1. The molecule has 10 nitrogen and oxygen atoms in total. The Balaban J connectivity index is 1.40. The Morgan fingerprint density at radius 2 is 1.77 bits per heavy atom. The van der Waals surface area contributed by atoms with E-state index >= 15 is 0 Å². The lowest BCUT2D eigenvalue weighted by atomic mass is 9.94. The van der Waals surface area contributed by atoms with Crippen LogP contribution in [0.3, 0.4) is 0 Å². The lowest BCUT2D eigenvalue weighted by Gasteiger charge is -2.43. The number of carbonyl (C=O) groups is 3. The van der Waals surface area contributed by atoms with Gasteiger partial charge in [-0.25, -0.2) is 0 Å². The number of hydrogen-bond acceptors (Lipinski definition) is 6. The molecule has 3 aliphatic rings. The van der Waals surface area contributed by atoms with Gasteiger partial charge in [0, 0.05) is 57.9 Å². The molecule has 0 bridgehead atoms. The van der Waals surface area contributed by atoms with E-state index in [1.165, 1.54) is 0 Å². The minimum atomic E-state index is -1.04. The van der Waals surface area contributed by atoms with Gasteiger partial charge in [-0.1, -0.05) is 26.7 Å². The van der Waals surface area contributed by atoms with Crippen LogP contribution in [0.2, 0.25) is 0 Å². The number of amides is 3. The second kappa shape index (κ2) is 11.1. The van der Waals surface area contributed by atoms with E-state index in [2.05, 4.69) is 32.5 Å². The Hall–Kier alpha value is -2.46. The Labute approximate surface area is 208 Å². The van der Waals surface area contributed by atoms with Crippen LogP contribution in [0, 0.1) is 0 Å².